The molecule has 0 aliphatic carbocycles. The predicted molar refractivity (Wildman–Crippen MR) is 87.6 cm³/mol. The molecule has 118 valence electrons. The molecule has 2 aliphatic rings. The van der Waals surface area contributed by atoms with Crippen LogP contribution >= 0.6 is 15.9 Å². The summed E-state index contributed by atoms with van der Waals surface area (Å²) in [7, 11) is 1.64. The first-order valence-electron chi connectivity index (χ1n) is 7.28. The van der Waals surface area contributed by atoms with Gasteiger partial charge < -0.3 is 9.94 Å². The van der Waals surface area contributed by atoms with Gasteiger partial charge in [0.1, 0.15) is 11.3 Å². The topological polar surface area (TPSA) is 53.0 Å². The van der Waals surface area contributed by atoms with Gasteiger partial charge in [0.25, 0.3) is 5.91 Å². The molecule has 1 aromatic rings. The third kappa shape index (κ3) is 2.35. The minimum Gasteiger partial charge on any atom is -0.510 e. The number of aryl methyl sites for hydroxylation is 1. The quantitative estimate of drug-likeness (QED) is 0.874. The maximum Gasteiger partial charge on any atom is 0.255 e. The van der Waals surface area contributed by atoms with Gasteiger partial charge in [0, 0.05) is 29.3 Å². The molecule has 1 amide bonds. The fourth-order valence-electron chi connectivity index (χ4n) is 3.33. The number of rotatable bonds is 2. The molecule has 3 rings (SSSR count). The van der Waals surface area contributed by atoms with Crippen molar-refractivity contribution in [2.24, 2.45) is 0 Å². The minimum atomic E-state index is -0.655. The molecule has 1 fully saturated rings. The van der Waals surface area contributed by atoms with Crippen LogP contribution in [0.2, 0.25) is 0 Å². The summed E-state index contributed by atoms with van der Waals surface area (Å²) in [4.78, 5) is 19.5. The lowest BCUT2D eigenvalue weighted by Crippen LogP contribution is -2.55. The van der Waals surface area contributed by atoms with Crippen LogP contribution < -0.4 is 4.90 Å². The Hall–Kier alpha value is -1.37. The van der Waals surface area contributed by atoms with Gasteiger partial charge in [0.05, 0.1) is 7.11 Å². The van der Waals surface area contributed by atoms with Crippen LogP contribution in [0, 0.1) is 6.92 Å². The molecule has 0 aromatic heterocycles. The molecule has 0 unspecified atom stereocenters. The van der Waals surface area contributed by atoms with Crippen LogP contribution in [0.1, 0.15) is 18.4 Å². The van der Waals surface area contributed by atoms with E-state index in [1.165, 1.54) is 6.08 Å². The summed E-state index contributed by atoms with van der Waals surface area (Å²) < 4.78 is 0.914. The number of hydroxylamine groups is 2. The molecule has 2 aliphatic heterocycles. The number of piperidine rings is 1. The molecule has 0 saturated carbocycles. The first kappa shape index (κ1) is 15.5. The van der Waals surface area contributed by atoms with Crippen molar-refractivity contribution in [3.05, 3.63) is 40.1 Å². The van der Waals surface area contributed by atoms with Crippen molar-refractivity contribution in [3.8, 4) is 0 Å². The molecule has 2 heterocycles. The first-order chi connectivity index (χ1) is 10.5. The van der Waals surface area contributed by atoms with Gasteiger partial charge in [-0.25, -0.2) is 0 Å². The lowest BCUT2D eigenvalue weighted by atomic mass is 9.85. The Kier molecular flexibility index (Phi) is 4.01. The molecule has 0 bridgehead atoms. The first-order valence-corrected chi connectivity index (χ1v) is 8.08. The van der Waals surface area contributed by atoms with E-state index in [4.69, 9.17) is 4.84 Å². The molecule has 1 saturated heterocycles. The van der Waals surface area contributed by atoms with Crippen LogP contribution in [0.4, 0.5) is 5.69 Å². The lowest BCUT2D eigenvalue weighted by molar-refractivity contribution is -0.150. The minimum absolute atomic E-state index is 0.160. The van der Waals surface area contributed by atoms with Gasteiger partial charge in [0.15, 0.2) is 0 Å². The van der Waals surface area contributed by atoms with Crippen molar-refractivity contribution < 1.29 is 14.7 Å². The Morgan fingerprint density at radius 2 is 2.00 bits per heavy atom. The van der Waals surface area contributed by atoms with Crippen molar-refractivity contribution in [2.45, 2.75) is 25.3 Å². The molecule has 1 N–H and O–H groups in total. The van der Waals surface area contributed by atoms with E-state index in [0.717, 1.165) is 15.7 Å². The maximum absolute atomic E-state index is 12.5. The third-order valence-corrected chi connectivity index (χ3v) is 5.10. The third-order valence-electron chi connectivity index (χ3n) is 4.61. The summed E-state index contributed by atoms with van der Waals surface area (Å²) in [5, 5.41) is 12.3. The molecule has 5 nitrogen and oxygen atoms in total. The number of nitrogens with zero attached hydrogens (tertiary/aromatic N) is 2. The summed E-state index contributed by atoms with van der Waals surface area (Å²) in [5.74, 6) is -0.00260. The van der Waals surface area contributed by atoms with Crippen molar-refractivity contribution in [3.63, 3.8) is 0 Å². The lowest BCUT2D eigenvalue weighted by Gasteiger charge is -2.44. The molecule has 0 radical (unpaired) electrons. The van der Waals surface area contributed by atoms with E-state index in [1.54, 1.807) is 12.0 Å². The average Bonchev–Trinajstić information content (AvgIpc) is 2.73. The zero-order valence-corrected chi connectivity index (χ0v) is 14.3. The van der Waals surface area contributed by atoms with E-state index in [-0.39, 0.29) is 11.7 Å². The Morgan fingerprint density at radius 3 is 2.64 bits per heavy atom. The number of hydrogen-bond acceptors (Lipinski definition) is 4. The van der Waals surface area contributed by atoms with Crippen LogP contribution in [-0.4, -0.2) is 41.8 Å². The highest BCUT2D eigenvalue weighted by Crippen LogP contribution is 2.43. The Bertz CT molecular complexity index is 636. The van der Waals surface area contributed by atoms with Gasteiger partial charge in [-0.15, -0.1) is 0 Å². The highest BCUT2D eigenvalue weighted by molar-refractivity contribution is 9.10. The molecule has 1 aromatic carbocycles. The Labute approximate surface area is 138 Å². The summed E-state index contributed by atoms with van der Waals surface area (Å²) in [6.45, 7) is 3.32. The highest BCUT2D eigenvalue weighted by atomic mass is 79.9. The normalized spacial score (nSPS) is 21.5. The fourth-order valence-corrected chi connectivity index (χ4v) is 3.68. The van der Waals surface area contributed by atoms with Crippen LogP contribution in [0.5, 0.6) is 0 Å². The second-order valence-corrected chi connectivity index (χ2v) is 6.69. The molecular formula is C16H19BrN2O3. The van der Waals surface area contributed by atoms with Crippen LogP contribution in [0.15, 0.2) is 34.5 Å². The number of hydrogen-bond donors (Lipinski definition) is 1. The van der Waals surface area contributed by atoms with E-state index in [0.29, 0.717) is 25.9 Å². The number of aliphatic hydroxyl groups excluding tert-OH is 1. The van der Waals surface area contributed by atoms with Gasteiger partial charge in [-0.3, -0.25) is 9.69 Å². The van der Waals surface area contributed by atoms with Gasteiger partial charge in [-0.2, -0.15) is 5.06 Å². The Morgan fingerprint density at radius 1 is 1.32 bits per heavy atom. The molecule has 6 heteroatoms. The zero-order valence-electron chi connectivity index (χ0n) is 12.7. The number of benzene rings is 1. The SMILES string of the molecule is CON1CCC2(CC1)C(O)=CC(=O)N2c1cc(Br)ccc1C. The number of halogens is 1. The van der Waals surface area contributed by atoms with E-state index in [9.17, 15) is 9.90 Å². The standard InChI is InChI=1S/C16H19BrN2O3/c1-11-3-4-12(17)9-13(11)19-15(21)10-14(20)16(19)5-7-18(22-2)8-6-16/h3-4,9-10,20H,5-8H2,1-2H3. The largest absolute Gasteiger partial charge is 0.510 e. The van der Waals surface area contributed by atoms with E-state index < -0.39 is 5.54 Å². The number of anilines is 1. The molecular weight excluding hydrogens is 348 g/mol. The van der Waals surface area contributed by atoms with Crippen molar-refractivity contribution in [1.29, 1.82) is 0 Å². The predicted octanol–water partition coefficient (Wildman–Crippen LogP) is 2.94. The van der Waals surface area contributed by atoms with E-state index in [2.05, 4.69) is 15.9 Å². The summed E-state index contributed by atoms with van der Waals surface area (Å²) in [6.07, 6.45) is 2.63. The van der Waals surface area contributed by atoms with Crippen molar-refractivity contribution in [2.75, 3.05) is 25.1 Å². The van der Waals surface area contributed by atoms with Gasteiger partial charge in [-0.05, 0) is 37.5 Å². The van der Waals surface area contributed by atoms with Gasteiger partial charge >= 0.3 is 0 Å². The molecule has 1 spiro atoms. The summed E-state index contributed by atoms with van der Waals surface area (Å²) in [6, 6.07) is 5.86. The zero-order chi connectivity index (χ0) is 15.9. The number of carbonyl (C=O) groups excluding carboxylic acids is 1. The van der Waals surface area contributed by atoms with E-state index in [1.807, 2.05) is 30.2 Å². The monoisotopic (exact) mass is 366 g/mol. The van der Waals surface area contributed by atoms with Crippen LogP contribution in [0.25, 0.3) is 0 Å². The number of amides is 1. The number of carbonyl (C=O) groups is 1. The maximum atomic E-state index is 12.5. The smallest absolute Gasteiger partial charge is 0.255 e. The highest BCUT2D eigenvalue weighted by Gasteiger charge is 2.50. The fraction of sp³-hybridized carbons (Fsp3) is 0.438. The van der Waals surface area contributed by atoms with Gasteiger partial charge in [0.2, 0.25) is 0 Å². The molecule has 22 heavy (non-hydrogen) atoms. The van der Waals surface area contributed by atoms with Crippen molar-refractivity contribution in [1.82, 2.24) is 5.06 Å². The van der Waals surface area contributed by atoms with E-state index >= 15 is 0 Å². The Balaban J connectivity index is 2.02. The average molecular weight is 367 g/mol. The van der Waals surface area contributed by atoms with Crippen LogP contribution in [0.3, 0.4) is 0 Å². The second-order valence-electron chi connectivity index (χ2n) is 5.78. The number of aliphatic hydroxyl groups is 1. The summed E-state index contributed by atoms with van der Waals surface area (Å²) >= 11 is 3.47. The van der Waals surface area contributed by atoms with Gasteiger partial charge in [-0.1, -0.05) is 22.0 Å². The van der Waals surface area contributed by atoms with Crippen molar-refractivity contribution >= 4 is 27.5 Å². The van der Waals surface area contributed by atoms with Crippen LogP contribution in [-0.2, 0) is 9.63 Å². The molecule has 0 atom stereocenters. The summed E-state index contributed by atoms with van der Waals surface area (Å²) in [5.41, 5.74) is 1.19. The second kappa shape index (κ2) is 5.68.